The van der Waals surface area contributed by atoms with Gasteiger partial charge in [-0.1, -0.05) is 12.1 Å². The van der Waals surface area contributed by atoms with E-state index in [4.69, 9.17) is 39.4 Å². The molecular weight excluding hydrogens is 638 g/mol. The average molecular weight is 678 g/mol. The van der Waals surface area contributed by atoms with E-state index < -0.39 is 67.0 Å². The first-order valence-electron chi connectivity index (χ1n) is 14.7. The molecule has 3 aromatic rings. The smallest absolute Gasteiger partial charge is 0.202 e. The van der Waals surface area contributed by atoms with Crippen molar-refractivity contribution in [2.24, 2.45) is 0 Å². The topological polar surface area (TPSA) is 268 Å². The number of rotatable bonds is 10. The predicted molar refractivity (Wildman–Crippen MR) is 164 cm³/mol. The third-order valence-corrected chi connectivity index (χ3v) is 7.74. The molecule has 3 aromatic carbocycles. The molecule has 0 spiro atoms. The van der Waals surface area contributed by atoms with E-state index in [1.807, 2.05) is 0 Å². The van der Waals surface area contributed by atoms with Crippen LogP contribution >= 0.6 is 0 Å². The zero-order chi connectivity index (χ0) is 35.3. The van der Waals surface area contributed by atoms with E-state index in [2.05, 4.69) is 5.32 Å². The van der Waals surface area contributed by atoms with Crippen molar-refractivity contribution in [2.45, 2.75) is 48.8 Å². The second kappa shape index (κ2) is 15.7. The summed E-state index contributed by atoms with van der Waals surface area (Å²) in [4.78, 5) is 12.7. The SMILES string of the molecule is CNC[C@H](O)[C@@H](O)[C@H](O)[C@H](O)CO.COc1cc(C2Oc3cc(C4Oc5cc(O)cc(O)c5C(=O)C4O)ccc3OC2CO)ccc1O. The number of Topliss-reactive ketones (excluding diaryl/α,β-unsaturated/α-hetero) is 1. The first-order chi connectivity index (χ1) is 22.8. The number of ketones is 1. The Morgan fingerprint density at radius 3 is 2.08 bits per heavy atom. The molecule has 16 heteroatoms. The Balaban J connectivity index is 0.000000341. The number of likely N-dealkylation sites (N-methyl/N-ethyl adjacent to an activating group) is 1. The van der Waals surface area contributed by atoms with Crippen LogP contribution in [0.15, 0.2) is 48.5 Å². The molecule has 0 radical (unpaired) electrons. The number of ether oxygens (including phenoxy) is 4. The van der Waals surface area contributed by atoms with Crippen molar-refractivity contribution in [3.63, 3.8) is 0 Å². The summed E-state index contributed by atoms with van der Waals surface area (Å²) in [5.41, 5.74) is 0.751. The second-order valence-electron chi connectivity index (χ2n) is 11.1. The number of aliphatic hydroxyl groups is 7. The molecule has 2 aliphatic heterocycles. The number of aliphatic hydroxyl groups excluding tert-OH is 7. The summed E-state index contributed by atoms with van der Waals surface area (Å²) in [6, 6.07) is 11.5. The number of carbonyl (C=O) groups excluding carboxylic acids is 1. The molecule has 11 N–H and O–H groups in total. The number of benzene rings is 3. The summed E-state index contributed by atoms with van der Waals surface area (Å²) in [5, 5.41) is 97.7. The summed E-state index contributed by atoms with van der Waals surface area (Å²) in [5.74, 6) is -0.823. The van der Waals surface area contributed by atoms with Gasteiger partial charge in [0.05, 0.1) is 26.4 Å². The van der Waals surface area contributed by atoms with Gasteiger partial charge in [-0.2, -0.15) is 0 Å². The van der Waals surface area contributed by atoms with Crippen molar-refractivity contribution in [1.82, 2.24) is 5.32 Å². The maximum Gasteiger partial charge on any atom is 0.202 e. The quantitative estimate of drug-likeness (QED) is 0.123. The molecular formula is C32H39NO15. The fourth-order valence-corrected chi connectivity index (χ4v) is 5.17. The minimum absolute atomic E-state index is 0.0540. The summed E-state index contributed by atoms with van der Waals surface area (Å²) >= 11 is 0. The van der Waals surface area contributed by atoms with Crippen LogP contribution in [-0.2, 0) is 0 Å². The van der Waals surface area contributed by atoms with E-state index in [1.54, 1.807) is 37.4 Å². The molecule has 16 nitrogen and oxygen atoms in total. The van der Waals surface area contributed by atoms with Crippen LogP contribution < -0.4 is 24.3 Å². The van der Waals surface area contributed by atoms with Gasteiger partial charge in [0.2, 0.25) is 5.78 Å². The van der Waals surface area contributed by atoms with Crippen LogP contribution in [0.2, 0.25) is 0 Å². The summed E-state index contributed by atoms with van der Waals surface area (Å²) in [7, 11) is 2.99. The van der Waals surface area contributed by atoms with Gasteiger partial charge in [-0.3, -0.25) is 4.79 Å². The van der Waals surface area contributed by atoms with E-state index >= 15 is 0 Å². The van der Waals surface area contributed by atoms with Gasteiger partial charge >= 0.3 is 0 Å². The molecule has 0 aromatic heterocycles. The summed E-state index contributed by atoms with van der Waals surface area (Å²) in [6.07, 6.45) is -9.93. The lowest BCUT2D eigenvalue weighted by molar-refractivity contribution is -0.113. The Hall–Kier alpha value is -4.39. The molecule has 0 saturated heterocycles. The van der Waals surface area contributed by atoms with Crippen LogP contribution in [0.25, 0.3) is 0 Å². The van der Waals surface area contributed by atoms with E-state index in [0.29, 0.717) is 16.9 Å². The molecule has 5 rings (SSSR count). The van der Waals surface area contributed by atoms with Crippen molar-refractivity contribution in [3.05, 3.63) is 65.2 Å². The van der Waals surface area contributed by atoms with Crippen LogP contribution in [0.4, 0.5) is 0 Å². The maximum atomic E-state index is 12.7. The third kappa shape index (κ3) is 7.67. The van der Waals surface area contributed by atoms with Gasteiger partial charge in [0.15, 0.2) is 47.4 Å². The van der Waals surface area contributed by atoms with Gasteiger partial charge in [-0.05, 0) is 36.9 Å². The Bertz CT molecular complexity index is 1570. The van der Waals surface area contributed by atoms with E-state index in [-0.39, 0.29) is 47.5 Å². The lowest BCUT2D eigenvalue weighted by atomic mass is 9.92. The molecule has 0 bridgehead atoms. The van der Waals surface area contributed by atoms with E-state index in [9.17, 15) is 35.4 Å². The van der Waals surface area contributed by atoms with Gasteiger partial charge < -0.3 is 75.3 Å². The minimum Gasteiger partial charge on any atom is -0.508 e. The standard InChI is InChI=1S/C25H22O10.C7H17NO5/c1-32-17-6-11(2-4-14(17)28)24-20(10-26)33-16-5-3-12(7-18(16)34-24)25-23(31)22(30)21-15(29)8-13(27)9-19(21)35-25;1-8-2-4(10)6(12)7(13)5(11)3-9/h2-9,20,23-29,31H,10H2,1H3;4-13H,2-3H2,1H3/t;4-,5+,6+,7+/m.0/s1. The zero-order valence-corrected chi connectivity index (χ0v) is 25.9. The van der Waals surface area contributed by atoms with Crippen molar-refractivity contribution >= 4 is 5.78 Å². The van der Waals surface area contributed by atoms with Gasteiger partial charge in [0.25, 0.3) is 0 Å². The van der Waals surface area contributed by atoms with Gasteiger partial charge in [0.1, 0.15) is 41.1 Å². The second-order valence-corrected chi connectivity index (χ2v) is 11.1. The van der Waals surface area contributed by atoms with Crippen LogP contribution in [-0.4, -0.2) is 127 Å². The molecule has 262 valence electrons. The molecule has 2 aliphatic rings. The van der Waals surface area contributed by atoms with Crippen molar-refractivity contribution in [1.29, 1.82) is 0 Å². The number of carbonyl (C=O) groups is 1. The fourth-order valence-electron chi connectivity index (χ4n) is 5.17. The number of hydrogen-bond acceptors (Lipinski definition) is 16. The monoisotopic (exact) mass is 677 g/mol. The Kier molecular flexibility index (Phi) is 11.9. The van der Waals surface area contributed by atoms with Crippen LogP contribution in [0.3, 0.4) is 0 Å². The van der Waals surface area contributed by atoms with Gasteiger partial charge in [0, 0.05) is 24.2 Å². The highest BCUT2D eigenvalue weighted by atomic mass is 16.6. The number of phenolic OH excluding ortho intramolecular Hbond substituents is 3. The number of nitrogens with one attached hydrogen (secondary N) is 1. The average Bonchev–Trinajstić information content (AvgIpc) is 3.08. The molecule has 0 saturated carbocycles. The molecule has 0 fully saturated rings. The number of fused-ring (bicyclic) bond motifs is 2. The Morgan fingerprint density at radius 2 is 1.44 bits per heavy atom. The van der Waals surface area contributed by atoms with Crippen LogP contribution in [0.1, 0.15) is 33.7 Å². The molecule has 48 heavy (non-hydrogen) atoms. The number of methoxy groups -OCH3 is 1. The molecule has 4 unspecified atom stereocenters. The predicted octanol–water partition coefficient (Wildman–Crippen LogP) is -0.996. The largest absolute Gasteiger partial charge is 0.508 e. The summed E-state index contributed by atoms with van der Waals surface area (Å²) < 4.78 is 23.0. The van der Waals surface area contributed by atoms with Crippen molar-refractivity contribution in [2.75, 3.05) is 33.9 Å². The first kappa shape index (κ1) is 36.4. The number of hydrogen-bond donors (Lipinski definition) is 11. The number of phenols is 3. The molecule has 0 amide bonds. The fraction of sp³-hybridized carbons (Fsp3) is 0.406. The lowest BCUT2D eigenvalue weighted by Crippen LogP contribution is -2.48. The van der Waals surface area contributed by atoms with Gasteiger partial charge in [-0.15, -0.1) is 0 Å². The highest BCUT2D eigenvalue weighted by Crippen LogP contribution is 2.45. The van der Waals surface area contributed by atoms with Crippen LogP contribution in [0, 0.1) is 0 Å². The maximum absolute atomic E-state index is 12.7. The Labute approximate surface area is 274 Å². The molecule has 8 atom stereocenters. The van der Waals surface area contributed by atoms with Gasteiger partial charge in [-0.25, -0.2) is 0 Å². The summed E-state index contributed by atoms with van der Waals surface area (Å²) in [6.45, 7) is -0.918. The van der Waals surface area contributed by atoms with E-state index in [0.717, 1.165) is 6.07 Å². The van der Waals surface area contributed by atoms with Crippen molar-refractivity contribution in [3.8, 4) is 40.2 Å². The van der Waals surface area contributed by atoms with Crippen LogP contribution in [0.5, 0.6) is 40.2 Å². The molecule has 0 aliphatic carbocycles. The molecule has 2 heterocycles. The Morgan fingerprint density at radius 1 is 0.792 bits per heavy atom. The highest BCUT2D eigenvalue weighted by Gasteiger charge is 2.40. The highest BCUT2D eigenvalue weighted by molar-refractivity contribution is 6.05. The zero-order valence-electron chi connectivity index (χ0n) is 25.9. The third-order valence-electron chi connectivity index (χ3n) is 7.74. The lowest BCUT2D eigenvalue weighted by Gasteiger charge is -2.35. The number of aromatic hydroxyl groups is 3. The van der Waals surface area contributed by atoms with E-state index in [1.165, 1.54) is 19.2 Å². The normalized spacial score (nSPS) is 22.2. The minimum atomic E-state index is -1.62. The first-order valence-corrected chi connectivity index (χ1v) is 14.7. The van der Waals surface area contributed by atoms with Crippen molar-refractivity contribution < 1.29 is 74.8 Å².